The molecule has 4 amide bonds. The number of pyridine rings is 1. The van der Waals surface area contributed by atoms with E-state index in [4.69, 9.17) is 9.47 Å². The van der Waals surface area contributed by atoms with Gasteiger partial charge in [-0.1, -0.05) is 95.3 Å². The van der Waals surface area contributed by atoms with Gasteiger partial charge in [0.05, 0.1) is 32.1 Å². The molecule has 12 heteroatoms. The lowest BCUT2D eigenvalue weighted by Gasteiger charge is -2.33. The highest BCUT2D eigenvalue weighted by Gasteiger charge is 2.35. The van der Waals surface area contributed by atoms with Gasteiger partial charge in [-0.2, -0.15) is 0 Å². The minimum Gasteiger partial charge on any atom is -0.453 e. The van der Waals surface area contributed by atoms with Crippen molar-refractivity contribution in [2.24, 2.45) is 11.3 Å². The maximum atomic E-state index is 13.8. The van der Waals surface area contributed by atoms with Crippen LogP contribution in [0.3, 0.4) is 0 Å². The molecule has 0 fully saturated rings. The minimum absolute atomic E-state index is 0.0628. The second kappa shape index (κ2) is 19.4. The number of aliphatic hydroxyl groups is 1. The maximum Gasteiger partial charge on any atom is 0.409 e. The van der Waals surface area contributed by atoms with E-state index in [1.54, 1.807) is 6.20 Å². The van der Waals surface area contributed by atoms with E-state index in [0.717, 1.165) is 22.4 Å². The van der Waals surface area contributed by atoms with Crippen molar-refractivity contribution < 1.29 is 33.8 Å². The number of nitrogens with one attached hydrogen (secondary N) is 3. The standard InChI is InChI=1S/C39H53N5O7/c1-26(2)24-44(38(49)51-7)25-34(46)42-32(22-27-13-9-8-10-14-27)33(45)23-30(41-36(47)35(39(3,4)5)43-37(48)50-6)21-28-16-18-29(19-17-28)31-15-11-12-20-40-31/h8-20,26,30,32-33,35,45H,21-25H2,1-7H3,(H,41,47)(H,42,46)(H,43,48)/t30-,32-,33-,35+/m0/s1. The summed E-state index contributed by atoms with van der Waals surface area (Å²) in [5.41, 5.74) is 2.86. The number of aromatic nitrogens is 1. The highest BCUT2D eigenvalue weighted by molar-refractivity contribution is 5.86. The second-order valence-electron chi connectivity index (χ2n) is 14.2. The number of hydrogen-bond acceptors (Lipinski definition) is 8. The Labute approximate surface area is 301 Å². The van der Waals surface area contributed by atoms with Crippen LogP contribution in [0.5, 0.6) is 0 Å². The lowest BCUT2D eigenvalue weighted by Crippen LogP contribution is -2.57. The Morgan fingerprint density at radius 2 is 1.47 bits per heavy atom. The van der Waals surface area contributed by atoms with Crippen molar-refractivity contribution in [1.82, 2.24) is 25.8 Å². The molecule has 4 atom stereocenters. The van der Waals surface area contributed by atoms with Crippen molar-refractivity contribution in [1.29, 1.82) is 0 Å². The molecule has 1 heterocycles. The third-order valence-corrected chi connectivity index (χ3v) is 8.31. The van der Waals surface area contributed by atoms with Crippen LogP contribution in [0.1, 0.15) is 52.2 Å². The molecule has 4 N–H and O–H groups in total. The number of amides is 4. The number of methoxy groups -OCH3 is 2. The summed E-state index contributed by atoms with van der Waals surface area (Å²) in [4.78, 5) is 57.6. The number of carbonyl (C=O) groups excluding carboxylic acids is 4. The Morgan fingerprint density at radius 1 is 0.824 bits per heavy atom. The lowest BCUT2D eigenvalue weighted by molar-refractivity contribution is -0.127. The first-order valence-electron chi connectivity index (χ1n) is 17.2. The van der Waals surface area contributed by atoms with Gasteiger partial charge >= 0.3 is 12.2 Å². The fraction of sp³-hybridized carbons (Fsp3) is 0.462. The van der Waals surface area contributed by atoms with E-state index in [1.165, 1.54) is 19.1 Å². The van der Waals surface area contributed by atoms with Crippen LogP contribution < -0.4 is 16.0 Å². The number of aliphatic hydroxyl groups excluding tert-OH is 1. The van der Waals surface area contributed by atoms with Gasteiger partial charge in [0.2, 0.25) is 11.8 Å². The fourth-order valence-electron chi connectivity index (χ4n) is 5.77. The molecule has 51 heavy (non-hydrogen) atoms. The summed E-state index contributed by atoms with van der Waals surface area (Å²) in [6, 6.07) is 20.6. The molecule has 0 saturated carbocycles. The van der Waals surface area contributed by atoms with Gasteiger partial charge in [0.1, 0.15) is 12.6 Å². The molecule has 2 aromatic carbocycles. The Bertz CT molecular complexity index is 1550. The zero-order chi connectivity index (χ0) is 37.6. The topological polar surface area (TPSA) is 159 Å². The second-order valence-corrected chi connectivity index (χ2v) is 14.2. The molecule has 0 aliphatic carbocycles. The average Bonchev–Trinajstić information content (AvgIpc) is 3.09. The fourth-order valence-corrected chi connectivity index (χ4v) is 5.77. The smallest absolute Gasteiger partial charge is 0.409 e. The molecule has 0 radical (unpaired) electrons. The first kappa shape index (κ1) is 40.5. The molecule has 276 valence electrons. The average molecular weight is 704 g/mol. The van der Waals surface area contributed by atoms with Gasteiger partial charge in [-0.25, -0.2) is 9.59 Å². The predicted octanol–water partition coefficient (Wildman–Crippen LogP) is 4.75. The monoisotopic (exact) mass is 703 g/mol. The molecular weight excluding hydrogens is 650 g/mol. The van der Waals surface area contributed by atoms with Gasteiger partial charge in [-0.3, -0.25) is 19.5 Å². The molecule has 3 aromatic rings. The largest absolute Gasteiger partial charge is 0.453 e. The van der Waals surface area contributed by atoms with Crippen molar-refractivity contribution in [3.05, 3.63) is 90.1 Å². The first-order valence-corrected chi connectivity index (χ1v) is 17.2. The summed E-state index contributed by atoms with van der Waals surface area (Å²) in [5, 5.41) is 20.5. The quantitative estimate of drug-likeness (QED) is 0.166. The van der Waals surface area contributed by atoms with E-state index < -0.39 is 53.6 Å². The lowest BCUT2D eigenvalue weighted by atomic mass is 9.85. The highest BCUT2D eigenvalue weighted by Crippen LogP contribution is 2.22. The third kappa shape index (κ3) is 13.3. The van der Waals surface area contributed by atoms with Crippen LogP contribution in [0.25, 0.3) is 11.3 Å². The SMILES string of the molecule is COC(=O)N[C@H](C(=O)N[C@@H](Cc1ccc(-c2ccccn2)cc1)C[C@H](O)[C@H](Cc1ccccc1)NC(=O)CN(CC(C)C)C(=O)OC)C(C)(C)C. The molecule has 0 aliphatic rings. The number of ether oxygens (including phenoxy) is 2. The van der Waals surface area contributed by atoms with Crippen molar-refractivity contribution in [2.45, 2.75) is 78.1 Å². The minimum atomic E-state index is -1.12. The molecule has 0 saturated heterocycles. The number of rotatable bonds is 16. The number of alkyl carbamates (subject to hydrolysis) is 1. The van der Waals surface area contributed by atoms with E-state index in [9.17, 15) is 24.3 Å². The van der Waals surface area contributed by atoms with Gasteiger partial charge in [-0.05, 0) is 53.9 Å². The third-order valence-electron chi connectivity index (χ3n) is 8.31. The Hall–Kier alpha value is -4.97. The molecule has 3 rings (SSSR count). The van der Waals surface area contributed by atoms with E-state index in [1.807, 2.05) is 107 Å². The predicted molar refractivity (Wildman–Crippen MR) is 196 cm³/mol. The maximum absolute atomic E-state index is 13.8. The Balaban J connectivity index is 1.91. The molecular formula is C39H53N5O7. The molecule has 0 unspecified atom stereocenters. The van der Waals surface area contributed by atoms with Crippen LogP contribution in [0.4, 0.5) is 9.59 Å². The summed E-state index contributed by atoms with van der Waals surface area (Å²) < 4.78 is 9.68. The number of carbonyl (C=O) groups is 4. The summed E-state index contributed by atoms with van der Waals surface area (Å²) in [6.45, 7) is 9.41. The van der Waals surface area contributed by atoms with Crippen LogP contribution in [0.15, 0.2) is 79.0 Å². The number of hydrogen-bond donors (Lipinski definition) is 4. The number of nitrogens with zero attached hydrogens (tertiary/aromatic N) is 2. The number of benzene rings is 2. The zero-order valence-electron chi connectivity index (χ0n) is 30.7. The van der Waals surface area contributed by atoms with Crippen molar-refractivity contribution >= 4 is 24.0 Å². The van der Waals surface area contributed by atoms with Crippen molar-refractivity contribution in [3.8, 4) is 11.3 Å². The molecule has 0 bridgehead atoms. The van der Waals surface area contributed by atoms with E-state index in [-0.39, 0.29) is 18.9 Å². The van der Waals surface area contributed by atoms with Crippen LogP contribution >= 0.6 is 0 Å². The van der Waals surface area contributed by atoms with Gasteiger partial charge in [0.15, 0.2) is 0 Å². The Morgan fingerprint density at radius 3 is 2.04 bits per heavy atom. The van der Waals surface area contributed by atoms with E-state index in [2.05, 4.69) is 20.9 Å². The summed E-state index contributed by atoms with van der Waals surface area (Å²) in [5.74, 6) is -0.807. The molecule has 0 aliphatic heterocycles. The van der Waals surface area contributed by atoms with Crippen LogP contribution in [0, 0.1) is 11.3 Å². The zero-order valence-corrected chi connectivity index (χ0v) is 30.7. The molecule has 1 aromatic heterocycles. The van der Waals surface area contributed by atoms with Crippen molar-refractivity contribution in [3.63, 3.8) is 0 Å². The van der Waals surface area contributed by atoms with Gasteiger partial charge in [0, 0.05) is 24.3 Å². The van der Waals surface area contributed by atoms with E-state index >= 15 is 0 Å². The summed E-state index contributed by atoms with van der Waals surface area (Å²) in [6.07, 6.45) is -0.0493. The summed E-state index contributed by atoms with van der Waals surface area (Å²) in [7, 11) is 2.50. The molecule has 0 spiro atoms. The molecule has 12 nitrogen and oxygen atoms in total. The highest BCUT2D eigenvalue weighted by atomic mass is 16.5. The van der Waals surface area contributed by atoms with Crippen molar-refractivity contribution in [2.75, 3.05) is 27.3 Å². The van der Waals surface area contributed by atoms with Crippen LogP contribution in [-0.2, 0) is 31.9 Å². The summed E-state index contributed by atoms with van der Waals surface area (Å²) >= 11 is 0. The normalized spacial score (nSPS) is 13.7. The van der Waals surface area contributed by atoms with Gasteiger partial charge < -0.3 is 30.5 Å². The van der Waals surface area contributed by atoms with Crippen LogP contribution in [0.2, 0.25) is 0 Å². The van der Waals surface area contributed by atoms with Crippen LogP contribution in [-0.4, -0.2) is 90.5 Å². The van der Waals surface area contributed by atoms with E-state index in [0.29, 0.717) is 19.4 Å². The van der Waals surface area contributed by atoms with Gasteiger partial charge in [-0.15, -0.1) is 0 Å². The van der Waals surface area contributed by atoms with Gasteiger partial charge in [0.25, 0.3) is 0 Å². The Kier molecular flexibility index (Phi) is 15.4. The first-order chi connectivity index (χ1) is 24.2.